The fraction of sp³-hybridized carbons (Fsp3) is 0.222. The van der Waals surface area contributed by atoms with Gasteiger partial charge in [-0.3, -0.25) is 0 Å². The van der Waals surface area contributed by atoms with Crippen molar-refractivity contribution in [1.29, 1.82) is 5.26 Å². The number of benzene rings is 2. The van der Waals surface area contributed by atoms with Gasteiger partial charge in [0.2, 0.25) is 6.79 Å². The topological polar surface area (TPSA) is 73.1 Å². The Morgan fingerprint density at radius 3 is 2.83 bits per heavy atom. The second-order valence-electron chi connectivity index (χ2n) is 4.95. The van der Waals surface area contributed by atoms with Gasteiger partial charge in [-0.25, -0.2) is 0 Å². The highest BCUT2D eigenvalue weighted by Crippen LogP contribution is 2.37. The molecule has 0 spiro atoms. The SMILES string of the molecule is CCOc1cc2c(cc1/C=N\OCc1ccccc1C#N)OCO2. The van der Waals surface area contributed by atoms with E-state index in [1.54, 1.807) is 24.4 Å². The maximum atomic E-state index is 9.05. The van der Waals surface area contributed by atoms with E-state index in [0.29, 0.717) is 29.4 Å². The predicted molar refractivity (Wildman–Crippen MR) is 87.3 cm³/mol. The van der Waals surface area contributed by atoms with Crippen molar-refractivity contribution in [3.63, 3.8) is 0 Å². The summed E-state index contributed by atoms with van der Waals surface area (Å²) in [6.45, 7) is 2.84. The average molecular weight is 324 g/mol. The number of ether oxygens (including phenoxy) is 3. The van der Waals surface area contributed by atoms with E-state index in [1.165, 1.54) is 0 Å². The normalized spacial score (nSPS) is 12.2. The molecule has 1 aliphatic rings. The first-order valence-corrected chi connectivity index (χ1v) is 7.51. The van der Waals surface area contributed by atoms with Gasteiger partial charge in [-0.05, 0) is 19.1 Å². The lowest BCUT2D eigenvalue weighted by atomic mass is 10.1. The molecule has 0 atom stereocenters. The van der Waals surface area contributed by atoms with Crippen LogP contribution >= 0.6 is 0 Å². The zero-order valence-corrected chi connectivity index (χ0v) is 13.2. The van der Waals surface area contributed by atoms with Gasteiger partial charge in [-0.2, -0.15) is 5.26 Å². The number of hydrogen-bond donors (Lipinski definition) is 0. The maximum Gasteiger partial charge on any atom is 0.231 e. The van der Waals surface area contributed by atoms with Crippen LogP contribution in [-0.2, 0) is 11.4 Å². The van der Waals surface area contributed by atoms with Gasteiger partial charge < -0.3 is 19.0 Å². The highest BCUT2D eigenvalue weighted by Gasteiger charge is 2.17. The zero-order valence-electron chi connectivity index (χ0n) is 13.2. The first-order chi connectivity index (χ1) is 11.8. The number of oxime groups is 1. The van der Waals surface area contributed by atoms with Crippen LogP contribution in [-0.4, -0.2) is 19.6 Å². The molecule has 0 radical (unpaired) electrons. The molecule has 0 aromatic heterocycles. The van der Waals surface area contributed by atoms with Crippen LogP contribution in [0.1, 0.15) is 23.6 Å². The van der Waals surface area contributed by atoms with Crippen LogP contribution in [0.25, 0.3) is 0 Å². The van der Waals surface area contributed by atoms with Crippen LogP contribution in [0.2, 0.25) is 0 Å². The molecule has 122 valence electrons. The second kappa shape index (κ2) is 7.38. The Morgan fingerprint density at radius 1 is 1.25 bits per heavy atom. The molecule has 0 bridgehead atoms. The van der Waals surface area contributed by atoms with Gasteiger partial charge in [-0.1, -0.05) is 23.4 Å². The van der Waals surface area contributed by atoms with Crippen molar-refractivity contribution in [3.05, 3.63) is 53.1 Å². The van der Waals surface area contributed by atoms with Gasteiger partial charge in [0.15, 0.2) is 11.5 Å². The van der Waals surface area contributed by atoms with Crippen molar-refractivity contribution < 1.29 is 19.0 Å². The molecule has 6 nitrogen and oxygen atoms in total. The number of nitrogens with zero attached hydrogens (tertiary/aromatic N) is 2. The summed E-state index contributed by atoms with van der Waals surface area (Å²) in [5.74, 6) is 1.95. The van der Waals surface area contributed by atoms with Crippen LogP contribution in [0.3, 0.4) is 0 Å². The van der Waals surface area contributed by atoms with E-state index in [2.05, 4.69) is 11.2 Å². The molecule has 2 aromatic rings. The third kappa shape index (κ3) is 3.41. The molecule has 1 aliphatic heterocycles. The van der Waals surface area contributed by atoms with Crippen molar-refractivity contribution in [2.45, 2.75) is 13.5 Å². The lowest BCUT2D eigenvalue weighted by molar-refractivity contribution is 0.132. The summed E-state index contributed by atoms with van der Waals surface area (Å²) in [7, 11) is 0. The Hall–Kier alpha value is -3.20. The van der Waals surface area contributed by atoms with Gasteiger partial charge in [0.1, 0.15) is 12.4 Å². The highest BCUT2D eigenvalue weighted by molar-refractivity contribution is 5.85. The smallest absolute Gasteiger partial charge is 0.231 e. The number of nitriles is 1. The van der Waals surface area contributed by atoms with E-state index < -0.39 is 0 Å². The standard InChI is InChI=1S/C18H16N2O4/c1-2-21-16-8-18-17(22-12-23-18)7-15(16)10-20-24-11-14-6-4-3-5-13(14)9-19/h3-8,10H,2,11-12H2,1H3/b20-10-. The van der Waals surface area contributed by atoms with E-state index in [9.17, 15) is 0 Å². The Bertz CT molecular complexity index is 796. The summed E-state index contributed by atoms with van der Waals surface area (Å²) in [4.78, 5) is 5.31. The first kappa shape index (κ1) is 15.7. The molecular weight excluding hydrogens is 308 g/mol. The molecule has 0 aliphatic carbocycles. The largest absolute Gasteiger partial charge is 0.493 e. The quantitative estimate of drug-likeness (QED) is 0.602. The van der Waals surface area contributed by atoms with Gasteiger partial charge in [0.25, 0.3) is 0 Å². The summed E-state index contributed by atoms with van der Waals surface area (Å²) in [6, 6.07) is 12.9. The average Bonchev–Trinajstić information content (AvgIpc) is 3.06. The van der Waals surface area contributed by atoms with E-state index in [4.69, 9.17) is 24.3 Å². The Morgan fingerprint density at radius 2 is 2.04 bits per heavy atom. The minimum Gasteiger partial charge on any atom is -0.493 e. The fourth-order valence-electron chi connectivity index (χ4n) is 2.28. The number of rotatable bonds is 6. The highest BCUT2D eigenvalue weighted by atomic mass is 16.7. The van der Waals surface area contributed by atoms with E-state index in [-0.39, 0.29) is 13.4 Å². The lowest BCUT2D eigenvalue weighted by Crippen LogP contribution is -1.97. The first-order valence-electron chi connectivity index (χ1n) is 7.51. The van der Waals surface area contributed by atoms with Crippen molar-refractivity contribution in [2.24, 2.45) is 5.16 Å². The molecule has 0 N–H and O–H groups in total. The molecule has 0 amide bonds. The van der Waals surface area contributed by atoms with Gasteiger partial charge in [0, 0.05) is 17.2 Å². The lowest BCUT2D eigenvalue weighted by Gasteiger charge is -2.08. The van der Waals surface area contributed by atoms with Gasteiger partial charge in [0.05, 0.1) is 24.5 Å². The van der Waals surface area contributed by atoms with Crippen molar-refractivity contribution in [3.8, 4) is 23.3 Å². The van der Waals surface area contributed by atoms with Crippen molar-refractivity contribution in [2.75, 3.05) is 13.4 Å². The summed E-state index contributed by atoms with van der Waals surface area (Å²) < 4.78 is 16.3. The number of fused-ring (bicyclic) bond motifs is 1. The summed E-state index contributed by atoms with van der Waals surface area (Å²) in [5.41, 5.74) is 2.09. The molecule has 1 heterocycles. The monoisotopic (exact) mass is 324 g/mol. The molecule has 24 heavy (non-hydrogen) atoms. The fourth-order valence-corrected chi connectivity index (χ4v) is 2.28. The third-order valence-corrected chi connectivity index (χ3v) is 3.43. The zero-order chi connectivity index (χ0) is 16.8. The maximum absolute atomic E-state index is 9.05. The van der Waals surface area contributed by atoms with Gasteiger partial charge in [-0.15, -0.1) is 0 Å². The van der Waals surface area contributed by atoms with Crippen molar-refractivity contribution >= 4 is 6.21 Å². The third-order valence-electron chi connectivity index (χ3n) is 3.43. The summed E-state index contributed by atoms with van der Waals surface area (Å²) in [6.07, 6.45) is 1.56. The second-order valence-corrected chi connectivity index (χ2v) is 4.95. The van der Waals surface area contributed by atoms with Crippen LogP contribution in [0.4, 0.5) is 0 Å². The Labute approximate surface area is 139 Å². The number of hydrogen-bond acceptors (Lipinski definition) is 6. The molecule has 0 unspecified atom stereocenters. The van der Waals surface area contributed by atoms with E-state index in [1.807, 2.05) is 25.1 Å². The molecule has 6 heteroatoms. The van der Waals surface area contributed by atoms with Gasteiger partial charge >= 0.3 is 0 Å². The van der Waals surface area contributed by atoms with Crippen LogP contribution < -0.4 is 14.2 Å². The molecular formula is C18H16N2O4. The predicted octanol–water partition coefficient (Wildman–Crippen LogP) is 3.24. The molecule has 3 rings (SSSR count). The van der Waals surface area contributed by atoms with Crippen LogP contribution in [0, 0.1) is 11.3 Å². The summed E-state index contributed by atoms with van der Waals surface area (Å²) in [5, 5.41) is 13.0. The Kier molecular flexibility index (Phi) is 4.82. The molecule has 0 saturated carbocycles. The molecule has 0 saturated heterocycles. The summed E-state index contributed by atoms with van der Waals surface area (Å²) >= 11 is 0. The van der Waals surface area contributed by atoms with Crippen molar-refractivity contribution in [1.82, 2.24) is 0 Å². The minimum absolute atomic E-state index is 0.197. The van der Waals surface area contributed by atoms with E-state index >= 15 is 0 Å². The molecule has 0 fully saturated rings. The Balaban J connectivity index is 1.71. The molecule has 2 aromatic carbocycles. The van der Waals surface area contributed by atoms with Crippen LogP contribution in [0.5, 0.6) is 17.2 Å². The van der Waals surface area contributed by atoms with Crippen LogP contribution in [0.15, 0.2) is 41.6 Å². The van der Waals surface area contributed by atoms with E-state index in [0.717, 1.165) is 11.1 Å². The minimum atomic E-state index is 0.197.